The highest BCUT2D eigenvalue weighted by Crippen LogP contribution is 2.45. The summed E-state index contributed by atoms with van der Waals surface area (Å²) in [6.07, 6.45) is -5.12. The second-order valence-electron chi connectivity index (χ2n) is 9.37. The molecule has 0 aromatic heterocycles. The maximum atomic E-state index is 14.0. The molecular weight excluding hydrogens is 515 g/mol. The van der Waals surface area contributed by atoms with Crippen LogP contribution in [0.5, 0.6) is 0 Å². The Bertz CT molecular complexity index is 1010. The summed E-state index contributed by atoms with van der Waals surface area (Å²) in [4.78, 5) is 14.9. The first kappa shape index (κ1) is 28.3. The van der Waals surface area contributed by atoms with E-state index in [0.29, 0.717) is 19.5 Å². The van der Waals surface area contributed by atoms with Crippen molar-refractivity contribution < 1.29 is 35.2 Å². The van der Waals surface area contributed by atoms with E-state index in [4.69, 9.17) is 11.6 Å². The largest absolute Gasteiger partial charge is 0.417 e. The topological polar surface area (TPSA) is 57.7 Å². The third kappa shape index (κ3) is 6.53. The quantitative estimate of drug-likeness (QED) is 0.314. The first-order valence-electron chi connectivity index (χ1n) is 11.7. The van der Waals surface area contributed by atoms with Gasteiger partial charge in [-0.1, -0.05) is 24.6 Å². The van der Waals surface area contributed by atoms with Gasteiger partial charge in [0.25, 0.3) is 0 Å². The Hall–Kier alpha value is -1.30. The lowest BCUT2D eigenvalue weighted by Crippen LogP contribution is -2.60. The van der Waals surface area contributed by atoms with Crippen molar-refractivity contribution in [1.29, 1.82) is 0 Å². The van der Waals surface area contributed by atoms with Gasteiger partial charge in [-0.2, -0.15) is 17.5 Å². The molecule has 0 atom stereocenters. The number of alkyl halides is 5. The standard InChI is InChI=1S/C23H30ClF5N2O3S/c1-2-16-35(33,34)31-14-12-30(13-15-31)21(8-10-22(25,26)11-9-21)7-6-19(32)20-17(23(27,28)29)4-3-5-18(20)24/h3-5H,2,6-16H2,1H3. The molecule has 3 rings (SSSR count). The van der Waals surface area contributed by atoms with E-state index in [1.165, 1.54) is 10.4 Å². The molecule has 1 heterocycles. The smallest absolute Gasteiger partial charge is 0.295 e. The van der Waals surface area contributed by atoms with Crippen LogP contribution in [-0.4, -0.2) is 66.8 Å². The number of piperazine rings is 1. The first-order chi connectivity index (χ1) is 16.2. The van der Waals surface area contributed by atoms with E-state index >= 15 is 0 Å². The lowest BCUT2D eigenvalue weighted by atomic mass is 9.74. The number of carbonyl (C=O) groups excluding carboxylic acids is 1. The highest BCUT2D eigenvalue weighted by atomic mass is 35.5. The van der Waals surface area contributed by atoms with Crippen molar-refractivity contribution in [2.24, 2.45) is 0 Å². The summed E-state index contributed by atoms with van der Waals surface area (Å²) in [7, 11) is -3.40. The minimum atomic E-state index is -4.76. The number of Topliss-reactive ketones (excluding diaryl/α,β-unsaturated/α-hetero) is 1. The number of hydrogen-bond acceptors (Lipinski definition) is 4. The van der Waals surface area contributed by atoms with E-state index in [1.807, 2.05) is 4.90 Å². The first-order valence-corrected chi connectivity index (χ1v) is 13.7. The summed E-state index contributed by atoms with van der Waals surface area (Å²) < 4.78 is 94.6. The summed E-state index contributed by atoms with van der Waals surface area (Å²) >= 11 is 5.96. The van der Waals surface area contributed by atoms with E-state index in [-0.39, 0.29) is 49.5 Å². The van der Waals surface area contributed by atoms with Crippen LogP contribution in [0.4, 0.5) is 22.0 Å². The molecular formula is C23H30ClF5N2O3S. The molecule has 0 N–H and O–H groups in total. The van der Waals surface area contributed by atoms with Crippen LogP contribution in [0.3, 0.4) is 0 Å². The predicted octanol–water partition coefficient (Wildman–Crippen LogP) is 5.63. The van der Waals surface area contributed by atoms with Gasteiger partial charge < -0.3 is 0 Å². The molecule has 2 fully saturated rings. The molecule has 0 amide bonds. The van der Waals surface area contributed by atoms with Crippen molar-refractivity contribution in [3.8, 4) is 0 Å². The summed E-state index contributed by atoms with van der Waals surface area (Å²) in [6.45, 7) is 2.80. The van der Waals surface area contributed by atoms with Crippen LogP contribution in [0.2, 0.25) is 5.02 Å². The molecule has 1 saturated carbocycles. The summed E-state index contributed by atoms with van der Waals surface area (Å²) in [5, 5.41) is -0.302. The Morgan fingerprint density at radius 2 is 1.66 bits per heavy atom. The SMILES string of the molecule is CCCS(=O)(=O)N1CCN(C2(CCC(=O)c3c(Cl)cccc3C(F)(F)F)CCC(F)(F)CC2)CC1. The zero-order chi connectivity index (χ0) is 26.1. The maximum absolute atomic E-state index is 14.0. The van der Waals surface area contributed by atoms with Crippen molar-refractivity contribution >= 4 is 27.4 Å². The zero-order valence-electron chi connectivity index (χ0n) is 19.5. The van der Waals surface area contributed by atoms with Crippen molar-refractivity contribution in [1.82, 2.24) is 9.21 Å². The van der Waals surface area contributed by atoms with Crippen LogP contribution in [0.15, 0.2) is 18.2 Å². The fourth-order valence-electron chi connectivity index (χ4n) is 5.15. The van der Waals surface area contributed by atoms with Gasteiger partial charge in [-0.3, -0.25) is 9.69 Å². The number of nitrogens with zero attached hydrogens (tertiary/aromatic N) is 2. The number of carbonyl (C=O) groups is 1. The van der Waals surface area contributed by atoms with Gasteiger partial charge in [-0.25, -0.2) is 17.2 Å². The van der Waals surface area contributed by atoms with Gasteiger partial charge in [0.2, 0.25) is 15.9 Å². The van der Waals surface area contributed by atoms with Crippen molar-refractivity contribution in [3.05, 3.63) is 34.3 Å². The Balaban J connectivity index is 1.79. The van der Waals surface area contributed by atoms with E-state index in [9.17, 15) is 35.2 Å². The summed E-state index contributed by atoms with van der Waals surface area (Å²) in [5.74, 6) is -3.60. The number of rotatable bonds is 8. The lowest BCUT2D eigenvalue weighted by molar-refractivity contribution is -0.137. The summed E-state index contributed by atoms with van der Waals surface area (Å²) in [5.41, 5.74) is -2.54. The van der Waals surface area contributed by atoms with E-state index in [2.05, 4.69) is 0 Å². The highest BCUT2D eigenvalue weighted by molar-refractivity contribution is 7.89. The average molecular weight is 545 g/mol. The molecule has 0 spiro atoms. The number of halogens is 6. The molecule has 198 valence electrons. The van der Waals surface area contributed by atoms with Gasteiger partial charge in [0.05, 0.1) is 16.3 Å². The minimum Gasteiger partial charge on any atom is -0.295 e. The monoisotopic (exact) mass is 544 g/mol. The van der Waals surface area contributed by atoms with Crippen LogP contribution in [0.25, 0.3) is 0 Å². The van der Waals surface area contributed by atoms with E-state index < -0.39 is 57.4 Å². The second kappa shape index (κ2) is 10.6. The van der Waals surface area contributed by atoms with Crippen molar-refractivity contribution in [2.45, 2.75) is 69.5 Å². The van der Waals surface area contributed by atoms with Crippen molar-refractivity contribution in [2.75, 3.05) is 31.9 Å². The fourth-order valence-corrected chi connectivity index (χ4v) is 6.92. The minimum absolute atomic E-state index is 0.0260. The molecule has 12 heteroatoms. The molecule has 1 saturated heterocycles. The average Bonchev–Trinajstić information content (AvgIpc) is 2.78. The Kier molecular flexibility index (Phi) is 8.56. The summed E-state index contributed by atoms with van der Waals surface area (Å²) in [6, 6.07) is 3.14. The van der Waals surface area contributed by atoms with Crippen molar-refractivity contribution in [3.63, 3.8) is 0 Å². The predicted molar refractivity (Wildman–Crippen MR) is 123 cm³/mol. The molecule has 0 radical (unpaired) electrons. The zero-order valence-corrected chi connectivity index (χ0v) is 21.1. The highest BCUT2D eigenvalue weighted by Gasteiger charge is 2.48. The van der Waals surface area contributed by atoms with Crippen LogP contribution in [0, 0.1) is 0 Å². The molecule has 1 aromatic rings. The van der Waals surface area contributed by atoms with Gasteiger partial charge in [-0.15, -0.1) is 0 Å². The second-order valence-corrected chi connectivity index (χ2v) is 11.9. The molecule has 1 aromatic carbocycles. The van der Waals surface area contributed by atoms with Gasteiger partial charge in [0, 0.05) is 56.5 Å². The number of benzene rings is 1. The molecule has 0 unspecified atom stereocenters. The molecule has 35 heavy (non-hydrogen) atoms. The Labute approximate surface area is 207 Å². The normalized spacial score (nSPS) is 21.7. The molecule has 1 aliphatic heterocycles. The van der Waals surface area contributed by atoms with Gasteiger partial charge >= 0.3 is 6.18 Å². The maximum Gasteiger partial charge on any atom is 0.417 e. The Morgan fingerprint density at radius 1 is 1.06 bits per heavy atom. The van der Waals surface area contributed by atoms with Crippen LogP contribution >= 0.6 is 11.6 Å². The number of sulfonamides is 1. The third-order valence-corrected chi connectivity index (χ3v) is 9.48. The molecule has 1 aliphatic carbocycles. The third-order valence-electron chi connectivity index (χ3n) is 7.09. The van der Waals surface area contributed by atoms with Gasteiger partial charge in [0.15, 0.2) is 5.78 Å². The Morgan fingerprint density at radius 3 is 2.20 bits per heavy atom. The molecule has 2 aliphatic rings. The molecule has 5 nitrogen and oxygen atoms in total. The number of ketones is 1. The van der Waals surface area contributed by atoms with E-state index in [1.54, 1.807) is 6.92 Å². The number of hydrogen-bond donors (Lipinski definition) is 0. The van der Waals surface area contributed by atoms with E-state index in [0.717, 1.165) is 12.1 Å². The van der Waals surface area contributed by atoms with Gasteiger partial charge in [-0.05, 0) is 37.8 Å². The fraction of sp³-hybridized carbons (Fsp3) is 0.696. The van der Waals surface area contributed by atoms with Crippen LogP contribution in [0.1, 0.15) is 67.8 Å². The lowest BCUT2D eigenvalue weighted by Gasteiger charge is -2.51. The van der Waals surface area contributed by atoms with Gasteiger partial charge in [0.1, 0.15) is 0 Å². The molecule has 0 bridgehead atoms. The van der Waals surface area contributed by atoms with Crippen LogP contribution < -0.4 is 0 Å². The van der Waals surface area contributed by atoms with Crippen LogP contribution in [-0.2, 0) is 16.2 Å².